The summed E-state index contributed by atoms with van der Waals surface area (Å²) in [7, 11) is 0. The summed E-state index contributed by atoms with van der Waals surface area (Å²) in [5, 5.41) is 8.87. The van der Waals surface area contributed by atoms with Gasteiger partial charge >= 0.3 is 5.97 Å². The van der Waals surface area contributed by atoms with Crippen LogP contribution < -0.4 is 0 Å². The average molecular weight is 206 g/mol. The highest BCUT2D eigenvalue weighted by Gasteiger charge is 2.32. The van der Waals surface area contributed by atoms with E-state index in [9.17, 15) is 4.79 Å². The van der Waals surface area contributed by atoms with Crippen LogP contribution >= 0.6 is 23.9 Å². The first-order valence-corrected chi connectivity index (χ1v) is 5.63. The molecule has 12 heavy (non-hydrogen) atoms. The van der Waals surface area contributed by atoms with E-state index >= 15 is 0 Å². The minimum absolute atomic E-state index is 0.574. The molecule has 0 saturated heterocycles. The maximum Gasteiger partial charge on any atom is 0.349 e. The molecule has 0 spiro atoms. The largest absolute Gasteiger partial charge is 0.478 e. The number of hydrogen-bond acceptors (Lipinski definition) is 5. The molecule has 0 radical (unpaired) electrons. The van der Waals surface area contributed by atoms with Gasteiger partial charge in [0.15, 0.2) is 0 Å². The minimum atomic E-state index is -0.830. The first-order chi connectivity index (χ1) is 5.70. The summed E-state index contributed by atoms with van der Waals surface area (Å²) in [6.07, 6.45) is 6.66. The first kappa shape index (κ1) is 9.60. The molecule has 0 aliphatic carbocycles. The van der Waals surface area contributed by atoms with Crippen LogP contribution in [0.3, 0.4) is 0 Å². The third-order valence-corrected chi connectivity index (χ3v) is 2.97. The maximum absolute atomic E-state index is 10.8. The van der Waals surface area contributed by atoms with Crippen LogP contribution in [0.4, 0.5) is 0 Å². The van der Waals surface area contributed by atoms with Crippen LogP contribution in [0, 0.1) is 0 Å². The molecule has 0 fully saturated rings. The predicted octanol–water partition coefficient (Wildman–Crippen LogP) is 1.04. The Morgan fingerprint density at radius 2 is 1.75 bits per heavy atom. The van der Waals surface area contributed by atoms with E-state index in [0.717, 1.165) is 0 Å². The number of carbonyl (C=O) groups is 1. The fourth-order valence-corrected chi connectivity index (χ4v) is 2.14. The molecule has 1 rings (SSSR count). The summed E-state index contributed by atoms with van der Waals surface area (Å²) >= 11 is 2.80. The van der Waals surface area contributed by atoms with Crippen molar-refractivity contribution >= 4 is 29.9 Å². The summed E-state index contributed by atoms with van der Waals surface area (Å²) in [5.74, 6) is -0.830. The Balaban J connectivity index is 2.71. The van der Waals surface area contributed by atoms with Crippen LogP contribution in [0.2, 0.25) is 0 Å². The number of carboxylic acids is 1. The van der Waals surface area contributed by atoms with Crippen LogP contribution in [0.1, 0.15) is 0 Å². The van der Waals surface area contributed by atoms with Gasteiger partial charge in [0, 0.05) is 24.9 Å². The molecule has 0 bridgehead atoms. The first-order valence-electron chi connectivity index (χ1n) is 3.26. The number of hydrogen-bond donors (Lipinski definition) is 1. The lowest BCUT2D eigenvalue weighted by Gasteiger charge is -2.24. The van der Waals surface area contributed by atoms with Crippen molar-refractivity contribution in [1.82, 2.24) is 8.61 Å². The molecule has 1 N–H and O–H groups in total. The molecule has 0 saturated carbocycles. The van der Waals surface area contributed by atoms with Crippen molar-refractivity contribution in [3.8, 4) is 0 Å². The third-order valence-electron chi connectivity index (χ3n) is 1.49. The smallest absolute Gasteiger partial charge is 0.349 e. The molecule has 0 amide bonds. The van der Waals surface area contributed by atoms with Crippen LogP contribution in [-0.4, -0.2) is 38.4 Å². The van der Waals surface area contributed by atoms with Gasteiger partial charge in [0.2, 0.25) is 6.17 Å². The Labute approximate surface area is 79.9 Å². The number of nitrogens with zero attached hydrogens (tertiary/aromatic N) is 2. The SMILES string of the molecule is CSN1C=CN(SC)C1C(=O)O. The zero-order valence-corrected chi connectivity index (χ0v) is 8.43. The van der Waals surface area contributed by atoms with Gasteiger partial charge in [-0.15, -0.1) is 0 Å². The molecular formula is C6H10N2O2S2. The van der Waals surface area contributed by atoms with Crippen molar-refractivity contribution < 1.29 is 9.90 Å². The van der Waals surface area contributed by atoms with Gasteiger partial charge in [-0.25, -0.2) is 4.79 Å². The van der Waals surface area contributed by atoms with E-state index in [4.69, 9.17) is 5.11 Å². The summed E-state index contributed by atoms with van der Waals surface area (Å²) in [5.41, 5.74) is 0. The fraction of sp³-hybridized carbons (Fsp3) is 0.500. The monoisotopic (exact) mass is 206 g/mol. The van der Waals surface area contributed by atoms with Gasteiger partial charge in [0.25, 0.3) is 0 Å². The molecule has 1 aliphatic rings. The lowest BCUT2D eigenvalue weighted by Crippen LogP contribution is -2.38. The van der Waals surface area contributed by atoms with Crippen LogP contribution in [0.15, 0.2) is 12.4 Å². The summed E-state index contributed by atoms with van der Waals surface area (Å²) in [4.78, 5) is 10.8. The van der Waals surface area contributed by atoms with E-state index in [1.54, 1.807) is 21.0 Å². The molecule has 0 aromatic rings. The van der Waals surface area contributed by atoms with Crippen molar-refractivity contribution in [1.29, 1.82) is 0 Å². The number of aliphatic carboxylic acids is 1. The topological polar surface area (TPSA) is 43.8 Å². The van der Waals surface area contributed by atoms with Crippen LogP contribution in [-0.2, 0) is 4.79 Å². The Kier molecular flexibility index (Phi) is 3.16. The molecule has 0 unspecified atom stereocenters. The van der Waals surface area contributed by atoms with Crippen molar-refractivity contribution in [2.45, 2.75) is 6.17 Å². The highest BCUT2D eigenvalue weighted by Crippen LogP contribution is 2.26. The Hall–Kier alpha value is -0.490. The van der Waals surface area contributed by atoms with Crippen molar-refractivity contribution in [3.63, 3.8) is 0 Å². The molecule has 1 aliphatic heterocycles. The molecule has 0 aromatic carbocycles. The Morgan fingerprint density at radius 3 is 2.00 bits per heavy atom. The van der Waals surface area contributed by atoms with Crippen molar-refractivity contribution in [3.05, 3.63) is 12.4 Å². The van der Waals surface area contributed by atoms with E-state index in [1.807, 2.05) is 12.5 Å². The molecule has 4 nitrogen and oxygen atoms in total. The summed E-state index contributed by atoms with van der Waals surface area (Å²) < 4.78 is 3.39. The zero-order chi connectivity index (χ0) is 9.14. The van der Waals surface area contributed by atoms with Gasteiger partial charge in [-0.2, -0.15) is 0 Å². The summed E-state index contributed by atoms with van der Waals surface area (Å²) in [6, 6.07) is 0. The number of rotatable bonds is 3. The highest BCUT2D eigenvalue weighted by atomic mass is 32.2. The van der Waals surface area contributed by atoms with Crippen molar-refractivity contribution in [2.24, 2.45) is 0 Å². The van der Waals surface area contributed by atoms with Gasteiger partial charge in [-0.1, -0.05) is 23.9 Å². The van der Waals surface area contributed by atoms with Crippen molar-refractivity contribution in [2.75, 3.05) is 12.5 Å². The van der Waals surface area contributed by atoms with E-state index in [-0.39, 0.29) is 0 Å². The molecule has 68 valence electrons. The van der Waals surface area contributed by atoms with Gasteiger partial charge in [-0.05, 0) is 0 Å². The lowest BCUT2D eigenvalue weighted by atomic mass is 10.5. The normalized spacial score (nSPS) is 17.5. The molecular weight excluding hydrogens is 196 g/mol. The highest BCUT2D eigenvalue weighted by molar-refractivity contribution is 7.97. The Morgan fingerprint density at radius 1 is 1.33 bits per heavy atom. The third kappa shape index (κ3) is 1.64. The Bertz CT molecular complexity index is 196. The standard InChI is InChI=1S/C6H10N2O2S2/c1-11-7-3-4-8(12-2)5(7)6(9)10/h3-5H,1-2H3,(H,9,10). The van der Waals surface area contributed by atoms with Gasteiger partial charge < -0.3 is 5.11 Å². The molecule has 1 heterocycles. The second-order valence-electron chi connectivity index (χ2n) is 2.09. The lowest BCUT2D eigenvalue weighted by molar-refractivity contribution is -0.142. The van der Waals surface area contributed by atoms with E-state index < -0.39 is 12.1 Å². The quantitative estimate of drug-likeness (QED) is 0.696. The second kappa shape index (κ2) is 3.95. The van der Waals surface area contributed by atoms with Gasteiger partial charge in [-0.3, -0.25) is 8.61 Å². The van der Waals surface area contributed by atoms with E-state index in [1.165, 1.54) is 23.9 Å². The maximum atomic E-state index is 10.8. The van der Waals surface area contributed by atoms with E-state index in [0.29, 0.717) is 0 Å². The average Bonchev–Trinajstić information content (AvgIpc) is 2.46. The van der Waals surface area contributed by atoms with Crippen LogP contribution in [0.5, 0.6) is 0 Å². The molecule has 6 heteroatoms. The second-order valence-corrected chi connectivity index (χ2v) is 3.67. The molecule has 0 aromatic heterocycles. The van der Waals surface area contributed by atoms with E-state index in [2.05, 4.69) is 0 Å². The molecule has 0 atom stereocenters. The van der Waals surface area contributed by atoms with Crippen LogP contribution in [0.25, 0.3) is 0 Å². The number of carboxylic acid groups (broad SMARTS) is 1. The summed E-state index contributed by atoms with van der Waals surface area (Å²) in [6.45, 7) is 0. The van der Waals surface area contributed by atoms with Gasteiger partial charge in [0.1, 0.15) is 0 Å². The van der Waals surface area contributed by atoms with Gasteiger partial charge in [0.05, 0.1) is 0 Å². The predicted molar refractivity (Wildman–Crippen MR) is 51.3 cm³/mol. The fourth-order valence-electron chi connectivity index (χ4n) is 0.946. The zero-order valence-electron chi connectivity index (χ0n) is 6.80. The minimum Gasteiger partial charge on any atom is -0.478 e.